The largest absolute Gasteiger partial charge is 0.489 e. The van der Waals surface area contributed by atoms with Gasteiger partial charge < -0.3 is 15.4 Å². The van der Waals surface area contributed by atoms with Gasteiger partial charge in [-0.05, 0) is 30.5 Å². The molecule has 0 unspecified atom stereocenters. The summed E-state index contributed by atoms with van der Waals surface area (Å²) in [6, 6.07) is 18.1. The maximum Gasteiger partial charge on any atom is 0.238 e. The highest BCUT2D eigenvalue weighted by atomic mass is 16.5. The minimum absolute atomic E-state index is 0.00853. The van der Waals surface area contributed by atoms with E-state index in [2.05, 4.69) is 10.6 Å². The molecule has 0 atom stereocenters. The molecule has 1 aliphatic carbocycles. The van der Waals surface area contributed by atoms with Gasteiger partial charge in [-0.2, -0.15) is 0 Å². The predicted octanol–water partition coefficient (Wildman–Crippen LogP) is 4.13. The van der Waals surface area contributed by atoms with Gasteiger partial charge in [0.25, 0.3) is 0 Å². The Morgan fingerprint density at radius 2 is 1.80 bits per heavy atom. The highest BCUT2D eigenvalue weighted by Gasteiger charge is 2.14. The van der Waals surface area contributed by atoms with Crippen LogP contribution < -0.4 is 15.4 Å². The summed E-state index contributed by atoms with van der Waals surface area (Å²) in [6.45, 7) is 0.876. The molecule has 25 heavy (non-hydrogen) atoms. The van der Waals surface area contributed by atoms with Crippen molar-refractivity contribution in [2.75, 3.05) is 11.9 Å². The number of anilines is 1. The number of amides is 1. The summed E-state index contributed by atoms with van der Waals surface area (Å²) in [7, 11) is 0. The Kier molecular flexibility index (Phi) is 6.46. The predicted molar refractivity (Wildman–Crippen MR) is 101 cm³/mol. The van der Waals surface area contributed by atoms with Crippen LogP contribution in [0, 0.1) is 0 Å². The third kappa shape index (κ3) is 5.91. The van der Waals surface area contributed by atoms with Crippen LogP contribution in [0.5, 0.6) is 5.75 Å². The zero-order valence-corrected chi connectivity index (χ0v) is 14.5. The fraction of sp³-hybridized carbons (Fsp3) is 0.381. The van der Waals surface area contributed by atoms with Crippen LogP contribution in [0.15, 0.2) is 54.6 Å². The molecule has 1 saturated carbocycles. The van der Waals surface area contributed by atoms with E-state index in [4.69, 9.17) is 4.74 Å². The van der Waals surface area contributed by atoms with Crippen molar-refractivity contribution in [3.63, 3.8) is 0 Å². The SMILES string of the molecule is O=C(CNC1CCCCC1)Nc1cccc(OCc2ccccc2)c1. The third-order valence-electron chi connectivity index (χ3n) is 4.52. The zero-order chi connectivity index (χ0) is 17.3. The van der Waals surface area contributed by atoms with Gasteiger partial charge in [-0.1, -0.05) is 55.7 Å². The van der Waals surface area contributed by atoms with E-state index < -0.39 is 0 Å². The second-order valence-electron chi connectivity index (χ2n) is 6.57. The van der Waals surface area contributed by atoms with Crippen LogP contribution in [0.4, 0.5) is 5.69 Å². The van der Waals surface area contributed by atoms with Crippen LogP contribution in [-0.4, -0.2) is 18.5 Å². The first-order valence-electron chi connectivity index (χ1n) is 9.09. The van der Waals surface area contributed by atoms with E-state index in [9.17, 15) is 4.79 Å². The lowest BCUT2D eigenvalue weighted by atomic mass is 9.95. The molecule has 1 amide bonds. The number of rotatable bonds is 7. The molecule has 1 aliphatic rings. The second kappa shape index (κ2) is 9.23. The monoisotopic (exact) mass is 338 g/mol. The van der Waals surface area contributed by atoms with Crippen molar-refractivity contribution >= 4 is 11.6 Å². The fourth-order valence-electron chi connectivity index (χ4n) is 3.15. The molecule has 0 heterocycles. The third-order valence-corrected chi connectivity index (χ3v) is 4.52. The number of nitrogens with one attached hydrogen (secondary N) is 2. The van der Waals surface area contributed by atoms with Gasteiger partial charge in [0.05, 0.1) is 6.54 Å². The summed E-state index contributed by atoms with van der Waals surface area (Å²) >= 11 is 0. The fourth-order valence-corrected chi connectivity index (χ4v) is 3.15. The van der Waals surface area contributed by atoms with Gasteiger partial charge in [-0.3, -0.25) is 4.79 Å². The molecule has 2 aromatic rings. The summed E-state index contributed by atoms with van der Waals surface area (Å²) in [5.74, 6) is 0.743. The Bertz CT molecular complexity index is 667. The molecule has 2 N–H and O–H groups in total. The smallest absolute Gasteiger partial charge is 0.238 e. The molecule has 2 aromatic carbocycles. The highest BCUT2D eigenvalue weighted by molar-refractivity contribution is 5.92. The van der Waals surface area contributed by atoms with Gasteiger partial charge in [0.15, 0.2) is 0 Å². The van der Waals surface area contributed by atoms with E-state index in [1.54, 1.807) is 0 Å². The van der Waals surface area contributed by atoms with Crippen molar-refractivity contribution in [3.05, 3.63) is 60.2 Å². The molecular weight excluding hydrogens is 312 g/mol. The first-order valence-corrected chi connectivity index (χ1v) is 9.09. The van der Waals surface area contributed by atoms with E-state index in [1.807, 2.05) is 54.6 Å². The van der Waals surface area contributed by atoms with Crippen molar-refractivity contribution in [2.24, 2.45) is 0 Å². The lowest BCUT2D eigenvalue weighted by molar-refractivity contribution is -0.115. The van der Waals surface area contributed by atoms with Crippen LogP contribution in [-0.2, 0) is 11.4 Å². The van der Waals surface area contributed by atoms with Crippen molar-refractivity contribution in [1.29, 1.82) is 0 Å². The standard InChI is InChI=1S/C21H26N2O2/c24-21(15-22-18-10-5-2-6-11-18)23-19-12-7-13-20(14-19)25-16-17-8-3-1-4-9-17/h1,3-4,7-9,12-14,18,22H,2,5-6,10-11,15-16H2,(H,23,24). The molecule has 132 valence electrons. The minimum Gasteiger partial charge on any atom is -0.489 e. The van der Waals surface area contributed by atoms with E-state index in [1.165, 1.54) is 32.1 Å². The van der Waals surface area contributed by atoms with E-state index in [0.29, 0.717) is 19.2 Å². The topological polar surface area (TPSA) is 50.4 Å². The Morgan fingerprint density at radius 1 is 1.00 bits per heavy atom. The van der Waals surface area contributed by atoms with Crippen molar-refractivity contribution in [2.45, 2.75) is 44.8 Å². The van der Waals surface area contributed by atoms with E-state index in [0.717, 1.165) is 17.0 Å². The molecule has 4 nitrogen and oxygen atoms in total. The molecule has 0 aromatic heterocycles. The van der Waals surface area contributed by atoms with E-state index >= 15 is 0 Å². The molecular formula is C21H26N2O2. The maximum absolute atomic E-state index is 12.1. The average molecular weight is 338 g/mol. The van der Waals surface area contributed by atoms with Gasteiger partial charge in [-0.25, -0.2) is 0 Å². The number of ether oxygens (including phenoxy) is 1. The molecule has 0 bridgehead atoms. The Balaban J connectivity index is 1.46. The summed E-state index contributed by atoms with van der Waals surface area (Å²) in [4.78, 5) is 12.1. The normalized spacial score (nSPS) is 14.9. The number of carbonyl (C=O) groups excluding carboxylic acids is 1. The molecule has 0 spiro atoms. The highest BCUT2D eigenvalue weighted by Crippen LogP contribution is 2.19. The van der Waals surface area contributed by atoms with E-state index in [-0.39, 0.29) is 5.91 Å². The lowest BCUT2D eigenvalue weighted by Crippen LogP contribution is -2.37. The van der Waals surface area contributed by atoms with Gasteiger partial charge in [0.2, 0.25) is 5.91 Å². The number of benzene rings is 2. The van der Waals surface area contributed by atoms with Crippen LogP contribution in [0.1, 0.15) is 37.7 Å². The van der Waals surface area contributed by atoms with Crippen molar-refractivity contribution in [3.8, 4) is 5.75 Å². The number of carbonyl (C=O) groups is 1. The lowest BCUT2D eigenvalue weighted by Gasteiger charge is -2.22. The summed E-state index contributed by atoms with van der Waals surface area (Å²) in [5.41, 5.74) is 1.88. The first-order chi connectivity index (χ1) is 12.3. The first kappa shape index (κ1) is 17.5. The summed E-state index contributed by atoms with van der Waals surface area (Å²) < 4.78 is 5.80. The Labute approximate surface area is 149 Å². The Hall–Kier alpha value is -2.33. The van der Waals surface area contributed by atoms with Crippen LogP contribution in [0.2, 0.25) is 0 Å². The molecule has 0 aliphatic heterocycles. The second-order valence-corrected chi connectivity index (χ2v) is 6.57. The van der Waals surface area contributed by atoms with Crippen LogP contribution in [0.3, 0.4) is 0 Å². The van der Waals surface area contributed by atoms with Gasteiger partial charge in [0, 0.05) is 17.8 Å². The van der Waals surface area contributed by atoms with Crippen molar-refractivity contribution in [1.82, 2.24) is 5.32 Å². The van der Waals surface area contributed by atoms with Crippen LogP contribution >= 0.6 is 0 Å². The van der Waals surface area contributed by atoms with Crippen molar-refractivity contribution < 1.29 is 9.53 Å². The average Bonchev–Trinajstić information content (AvgIpc) is 2.67. The molecule has 1 fully saturated rings. The van der Waals surface area contributed by atoms with Gasteiger partial charge >= 0.3 is 0 Å². The molecule has 0 radical (unpaired) electrons. The molecule has 4 heteroatoms. The maximum atomic E-state index is 12.1. The van der Waals surface area contributed by atoms with Gasteiger partial charge in [-0.15, -0.1) is 0 Å². The molecule has 3 rings (SSSR count). The zero-order valence-electron chi connectivity index (χ0n) is 14.5. The van der Waals surface area contributed by atoms with Gasteiger partial charge in [0.1, 0.15) is 12.4 Å². The van der Waals surface area contributed by atoms with Crippen LogP contribution in [0.25, 0.3) is 0 Å². The minimum atomic E-state index is -0.00853. The number of hydrogen-bond acceptors (Lipinski definition) is 3. The number of hydrogen-bond donors (Lipinski definition) is 2. The molecule has 0 saturated heterocycles. The quantitative estimate of drug-likeness (QED) is 0.798. The summed E-state index contributed by atoms with van der Waals surface area (Å²) in [6.07, 6.45) is 6.20. The Morgan fingerprint density at radius 3 is 2.60 bits per heavy atom. The summed E-state index contributed by atoms with van der Waals surface area (Å²) in [5, 5.41) is 6.30.